The summed E-state index contributed by atoms with van der Waals surface area (Å²) >= 11 is 9.60. The highest BCUT2D eigenvalue weighted by Crippen LogP contribution is 2.31. The molecule has 1 aromatic rings. The van der Waals surface area contributed by atoms with Crippen molar-refractivity contribution in [2.75, 3.05) is 6.61 Å². The van der Waals surface area contributed by atoms with E-state index in [0.29, 0.717) is 22.9 Å². The minimum atomic E-state index is 0.0777. The fourth-order valence-electron chi connectivity index (χ4n) is 4.23. The van der Waals surface area contributed by atoms with Crippen molar-refractivity contribution in [2.24, 2.45) is 0 Å². The van der Waals surface area contributed by atoms with Gasteiger partial charge in [0.25, 0.3) is 5.91 Å². The van der Waals surface area contributed by atoms with E-state index in [2.05, 4.69) is 20.8 Å². The molecule has 2 aliphatic rings. The summed E-state index contributed by atoms with van der Waals surface area (Å²) in [5.74, 6) is 0.697. The van der Waals surface area contributed by atoms with Crippen LogP contribution in [0.25, 0.3) is 0 Å². The van der Waals surface area contributed by atoms with Crippen molar-refractivity contribution in [1.82, 2.24) is 4.90 Å². The first-order valence-corrected chi connectivity index (χ1v) is 10.7. The molecule has 2 saturated carbocycles. The van der Waals surface area contributed by atoms with Crippen LogP contribution in [0.4, 0.5) is 0 Å². The highest BCUT2D eigenvalue weighted by Gasteiger charge is 2.32. The van der Waals surface area contributed by atoms with E-state index in [1.54, 1.807) is 6.07 Å². The van der Waals surface area contributed by atoms with Crippen molar-refractivity contribution in [2.45, 2.75) is 76.3 Å². The van der Waals surface area contributed by atoms with Gasteiger partial charge in [-0.2, -0.15) is 0 Å². The zero-order chi connectivity index (χ0) is 17.6. The number of nitrogens with zero attached hydrogens (tertiary/aromatic N) is 1. The summed E-state index contributed by atoms with van der Waals surface area (Å²) in [6, 6.07) is 6.28. The van der Waals surface area contributed by atoms with Crippen LogP contribution in [-0.4, -0.2) is 29.5 Å². The fourth-order valence-corrected chi connectivity index (χ4v) is 4.96. The average Bonchev–Trinajstić information content (AvgIpc) is 2.63. The molecule has 2 fully saturated rings. The van der Waals surface area contributed by atoms with Gasteiger partial charge in [0.05, 0.1) is 5.02 Å². The molecule has 0 aliphatic heterocycles. The third-order valence-electron chi connectivity index (χ3n) is 5.47. The second-order valence-electron chi connectivity index (χ2n) is 7.25. The van der Waals surface area contributed by atoms with Crippen molar-refractivity contribution in [3.05, 3.63) is 27.7 Å². The third kappa shape index (κ3) is 5.13. The monoisotopic (exact) mass is 427 g/mol. The molecule has 2 aliphatic carbocycles. The van der Waals surface area contributed by atoms with E-state index in [-0.39, 0.29) is 12.5 Å². The lowest BCUT2D eigenvalue weighted by Crippen LogP contribution is -2.50. The number of halogens is 2. The highest BCUT2D eigenvalue weighted by molar-refractivity contribution is 9.10. The molecule has 3 rings (SSSR count). The Balaban J connectivity index is 1.67. The first-order valence-electron chi connectivity index (χ1n) is 9.54. The summed E-state index contributed by atoms with van der Waals surface area (Å²) < 4.78 is 6.68. The largest absolute Gasteiger partial charge is 0.482 e. The van der Waals surface area contributed by atoms with Gasteiger partial charge in [0.2, 0.25) is 0 Å². The van der Waals surface area contributed by atoms with Crippen molar-refractivity contribution in [1.29, 1.82) is 0 Å². The topological polar surface area (TPSA) is 29.5 Å². The maximum Gasteiger partial charge on any atom is 0.261 e. The Morgan fingerprint density at radius 2 is 1.60 bits per heavy atom. The summed E-state index contributed by atoms with van der Waals surface area (Å²) in [6.07, 6.45) is 12.1. The van der Waals surface area contributed by atoms with Gasteiger partial charge in [0.1, 0.15) is 5.75 Å². The Morgan fingerprint density at radius 3 is 2.12 bits per heavy atom. The quantitative estimate of drug-likeness (QED) is 0.577. The van der Waals surface area contributed by atoms with Crippen molar-refractivity contribution in [3.63, 3.8) is 0 Å². The molecule has 0 bridgehead atoms. The molecular weight excluding hydrogens is 402 g/mol. The van der Waals surface area contributed by atoms with Crippen molar-refractivity contribution in [3.8, 4) is 5.75 Å². The maximum absolute atomic E-state index is 13.0. The van der Waals surface area contributed by atoms with Crippen LogP contribution in [0.1, 0.15) is 64.2 Å². The number of ether oxygens (including phenoxy) is 1. The summed E-state index contributed by atoms with van der Waals surface area (Å²) in [4.78, 5) is 15.2. The number of hydrogen-bond donors (Lipinski definition) is 0. The molecule has 25 heavy (non-hydrogen) atoms. The minimum Gasteiger partial charge on any atom is -0.482 e. The molecule has 0 saturated heterocycles. The minimum absolute atomic E-state index is 0.0777. The number of rotatable bonds is 5. The number of carbonyl (C=O) groups is 1. The van der Waals surface area contributed by atoms with Crippen molar-refractivity contribution < 1.29 is 9.53 Å². The molecule has 1 amide bonds. The lowest BCUT2D eigenvalue weighted by atomic mass is 9.88. The van der Waals surface area contributed by atoms with Crippen LogP contribution in [-0.2, 0) is 4.79 Å². The predicted octanol–water partition coefficient (Wildman–Crippen LogP) is 5.98. The first-order chi connectivity index (χ1) is 12.1. The molecular formula is C20H27BrClNO2. The van der Waals surface area contributed by atoms with E-state index in [1.807, 2.05) is 12.1 Å². The number of benzene rings is 1. The van der Waals surface area contributed by atoms with Gasteiger partial charge in [0, 0.05) is 16.6 Å². The molecule has 0 radical (unpaired) electrons. The van der Waals surface area contributed by atoms with Crippen LogP contribution in [0, 0.1) is 0 Å². The summed E-state index contributed by atoms with van der Waals surface area (Å²) in [5.41, 5.74) is 0. The van der Waals surface area contributed by atoms with E-state index < -0.39 is 0 Å². The normalized spacial score (nSPS) is 19.6. The Hall–Kier alpha value is -0.740. The average molecular weight is 429 g/mol. The molecule has 0 unspecified atom stereocenters. The van der Waals surface area contributed by atoms with Crippen LogP contribution < -0.4 is 4.74 Å². The standard InChI is InChI=1S/C20H27BrClNO2/c21-15-11-12-19(18(22)13-15)25-14-20(24)23(16-7-3-1-4-8-16)17-9-5-2-6-10-17/h11-13,16-17H,1-10,14H2. The van der Waals surface area contributed by atoms with Crippen LogP contribution in [0.2, 0.25) is 5.02 Å². The summed E-state index contributed by atoms with van der Waals surface area (Å²) in [6.45, 7) is 0.0777. The number of hydrogen-bond acceptors (Lipinski definition) is 2. The molecule has 0 spiro atoms. The van der Waals surface area contributed by atoms with Gasteiger partial charge in [-0.1, -0.05) is 66.1 Å². The van der Waals surface area contributed by atoms with Gasteiger partial charge in [-0.3, -0.25) is 4.79 Å². The van der Waals surface area contributed by atoms with E-state index in [9.17, 15) is 4.79 Å². The zero-order valence-corrected chi connectivity index (χ0v) is 17.0. The Bertz CT molecular complexity index is 565. The van der Waals surface area contributed by atoms with Crippen LogP contribution in [0.3, 0.4) is 0 Å². The molecule has 1 aromatic carbocycles. The Kier molecular flexibility index (Phi) is 7.06. The van der Waals surface area contributed by atoms with E-state index >= 15 is 0 Å². The lowest BCUT2D eigenvalue weighted by Gasteiger charge is -2.41. The van der Waals surface area contributed by atoms with Gasteiger partial charge in [-0.15, -0.1) is 0 Å². The molecule has 138 valence electrons. The number of amides is 1. The van der Waals surface area contributed by atoms with Gasteiger partial charge in [-0.05, 0) is 43.9 Å². The van der Waals surface area contributed by atoms with Gasteiger partial charge >= 0.3 is 0 Å². The molecule has 0 aromatic heterocycles. The lowest BCUT2D eigenvalue weighted by molar-refractivity contribution is -0.140. The second kappa shape index (κ2) is 9.27. The molecule has 3 nitrogen and oxygen atoms in total. The van der Waals surface area contributed by atoms with E-state index in [4.69, 9.17) is 16.3 Å². The fraction of sp³-hybridized carbons (Fsp3) is 0.650. The molecule has 0 N–H and O–H groups in total. The number of carbonyl (C=O) groups excluding carboxylic acids is 1. The predicted molar refractivity (Wildman–Crippen MR) is 105 cm³/mol. The zero-order valence-electron chi connectivity index (χ0n) is 14.7. The molecule has 5 heteroatoms. The van der Waals surface area contributed by atoms with E-state index in [1.165, 1.54) is 38.5 Å². The van der Waals surface area contributed by atoms with E-state index in [0.717, 1.165) is 30.2 Å². The third-order valence-corrected chi connectivity index (χ3v) is 6.26. The Labute approximate surface area is 164 Å². The summed E-state index contributed by atoms with van der Waals surface area (Å²) in [5, 5.41) is 0.532. The maximum atomic E-state index is 13.0. The Morgan fingerprint density at radius 1 is 1.04 bits per heavy atom. The van der Waals surface area contributed by atoms with Crippen LogP contribution >= 0.6 is 27.5 Å². The molecule has 0 heterocycles. The smallest absolute Gasteiger partial charge is 0.261 e. The summed E-state index contributed by atoms with van der Waals surface area (Å²) in [7, 11) is 0. The van der Waals surface area contributed by atoms with Gasteiger partial charge < -0.3 is 9.64 Å². The van der Waals surface area contributed by atoms with Crippen LogP contribution in [0.15, 0.2) is 22.7 Å². The first kappa shape index (κ1) is 19.0. The molecule has 0 atom stereocenters. The van der Waals surface area contributed by atoms with Gasteiger partial charge in [0.15, 0.2) is 6.61 Å². The van der Waals surface area contributed by atoms with Gasteiger partial charge in [-0.25, -0.2) is 0 Å². The SMILES string of the molecule is O=C(COc1ccc(Br)cc1Cl)N(C1CCCCC1)C1CCCCC1. The van der Waals surface area contributed by atoms with Crippen LogP contribution in [0.5, 0.6) is 5.75 Å². The van der Waals surface area contributed by atoms with Crippen molar-refractivity contribution >= 4 is 33.4 Å². The highest BCUT2D eigenvalue weighted by atomic mass is 79.9. The second-order valence-corrected chi connectivity index (χ2v) is 8.57.